The molecule has 0 saturated carbocycles. The van der Waals surface area contributed by atoms with Gasteiger partial charge in [-0.05, 0) is 56.8 Å². The molecule has 0 aromatic rings. The second-order valence-electron chi connectivity index (χ2n) is 6.15. The SMILES string of the molecule is CC1=CC[C@@]2(CC1)C(C)=CCCC2(C)C. The molecular formula is C15H24. The van der Waals surface area contributed by atoms with E-state index in [1.165, 1.54) is 32.1 Å². The summed E-state index contributed by atoms with van der Waals surface area (Å²) in [5, 5.41) is 0. The maximum Gasteiger partial charge on any atom is -0.000209 e. The Hall–Kier alpha value is -0.520. The summed E-state index contributed by atoms with van der Waals surface area (Å²) in [5.41, 5.74) is 4.21. The molecule has 0 heteroatoms. The molecule has 2 aliphatic rings. The quantitative estimate of drug-likeness (QED) is 0.494. The van der Waals surface area contributed by atoms with Crippen molar-refractivity contribution >= 4 is 0 Å². The molecule has 0 saturated heterocycles. The van der Waals surface area contributed by atoms with Gasteiger partial charge in [-0.1, -0.05) is 37.1 Å². The van der Waals surface area contributed by atoms with E-state index in [9.17, 15) is 0 Å². The molecule has 84 valence electrons. The zero-order valence-corrected chi connectivity index (χ0v) is 10.7. The molecule has 0 nitrogen and oxygen atoms in total. The van der Waals surface area contributed by atoms with Crippen LogP contribution in [0.25, 0.3) is 0 Å². The molecule has 0 fully saturated rings. The standard InChI is InChI=1S/C15H24/c1-12-7-10-15(11-8-12)13(2)6-5-9-14(15,3)4/h6-7H,5,8-11H2,1-4H3/t15-/m1/s1. The lowest BCUT2D eigenvalue weighted by molar-refractivity contribution is 0.0750. The normalized spacial score (nSPS) is 34.9. The van der Waals surface area contributed by atoms with Crippen LogP contribution in [0.5, 0.6) is 0 Å². The third-order valence-corrected chi connectivity index (χ3v) is 5.02. The third kappa shape index (κ3) is 1.58. The highest BCUT2D eigenvalue weighted by molar-refractivity contribution is 5.25. The van der Waals surface area contributed by atoms with Crippen LogP contribution in [0.3, 0.4) is 0 Å². The first-order valence-electron chi connectivity index (χ1n) is 6.31. The molecule has 1 spiro atoms. The van der Waals surface area contributed by atoms with Crippen LogP contribution in [-0.4, -0.2) is 0 Å². The summed E-state index contributed by atoms with van der Waals surface area (Å²) in [5.74, 6) is 0. The molecule has 0 radical (unpaired) electrons. The van der Waals surface area contributed by atoms with E-state index in [1.807, 2.05) is 0 Å². The highest BCUT2D eigenvalue weighted by Crippen LogP contribution is 2.57. The van der Waals surface area contributed by atoms with Crippen LogP contribution in [0, 0.1) is 10.8 Å². The topological polar surface area (TPSA) is 0 Å². The van der Waals surface area contributed by atoms with Crippen molar-refractivity contribution in [2.45, 2.75) is 59.8 Å². The minimum Gasteiger partial charge on any atom is -0.0850 e. The maximum absolute atomic E-state index is 2.49. The second-order valence-corrected chi connectivity index (χ2v) is 6.15. The molecule has 1 atom stereocenters. The Morgan fingerprint density at radius 2 is 1.80 bits per heavy atom. The maximum atomic E-state index is 2.49. The van der Waals surface area contributed by atoms with Gasteiger partial charge in [0.15, 0.2) is 0 Å². The molecule has 0 N–H and O–H groups in total. The summed E-state index contributed by atoms with van der Waals surface area (Å²) in [6.45, 7) is 9.58. The minimum atomic E-state index is 0.477. The number of hydrogen-bond donors (Lipinski definition) is 0. The molecule has 2 aliphatic carbocycles. The molecular weight excluding hydrogens is 180 g/mol. The van der Waals surface area contributed by atoms with Gasteiger partial charge in [-0.25, -0.2) is 0 Å². The Bertz CT molecular complexity index is 317. The highest BCUT2D eigenvalue weighted by Gasteiger charge is 2.47. The predicted molar refractivity (Wildman–Crippen MR) is 66.8 cm³/mol. The van der Waals surface area contributed by atoms with Crippen LogP contribution in [0.2, 0.25) is 0 Å². The number of hydrogen-bond acceptors (Lipinski definition) is 0. The summed E-state index contributed by atoms with van der Waals surface area (Å²) in [6.07, 6.45) is 11.5. The molecule has 0 heterocycles. The zero-order chi connectivity index (χ0) is 11.1. The highest BCUT2D eigenvalue weighted by atomic mass is 14.5. The second kappa shape index (κ2) is 3.50. The van der Waals surface area contributed by atoms with E-state index in [-0.39, 0.29) is 0 Å². The zero-order valence-electron chi connectivity index (χ0n) is 10.7. The van der Waals surface area contributed by atoms with E-state index in [1.54, 1.807) is 11.1 Å². The van der Waals surface area contributed by atoms with Crippen molar-refractivity contribution in [1.29, 1.82) is 0 Å². The lowest BCUT2D eigenvalue weighted by Gasteiger charge is -2.52. The van der Waals surface area contributed by atoms with Gasteiger partial charge >= 0.3 is 0 Å². The molecule has 0 unspecified atom stereocenters. The van der Waals surface area contributed by atoms with Crippen molar-refractivity contribution in [1.82, 2.24) is 0 Å². The van der Waals surface area contributed by atoms with Gasteiger partial charge < -0.3 is 0 Å². The third-order valence-electron chi connectivity index (χ3n) is 5.02. The van der Waals surface area contributed by atoms with Crippen molar-refractivity contribution in [3.05, 3.63) is 23.3 Å². The Morgan fingerprint density at radius 1 is 1.07 bits per heavy atom. The summed E-state index contributed by atoms with van der Waals surface area (Å²) >= 11 is 0. The molecule has 0 amide bonds. The van der Waals surface area contributed by atoms with E-state index in [0.717, 1.165) is 0 Å². The van der Waals surface area contributed by atoms with Crippen LogP contribution >= 0.6 is 0 Å². The number of rotatable bonds is 0. The molecule has 15 heavy (non-hydrogen) atoms. The van der Waals surface area contributed by atoms with Gasteiger partial charge in [0.25, 0.3) is 0 Å². The smallest absolute Gasteiger partial charge is 0.000209 e. The average molecular weight is 204 g/mol. The summed E-state index contributed by atoms with van der Waals surface area (Å²) in [4.78, 5) is 0. The van der Waals surface area contributed by atoms with Gasteiger partial charge in [-0.2, -0.15) is 0 Å². The van der Waals surface area contributed by atoms with Gasteiger partial charge in [-0.15, -0.1) is 0 Å². The Kier molecular flexibility index (Phi) is 2.56. The van der Waals surface area contributed by atoms with E-state index < -0.39 is 0 Å². The van der Waals surface area contributed by atoms with Crippen molar-refractivity contribution in [3.63, 3.8) is 0 Å². The summed E-state index contributed by atoms with van der Waals surface area (Å²) in [7, 11) is 0. The molecule has 0 aromatic heterocycles. The largest absolute Gasteiger partial charge is 0.0850 e. The van der Waals surface area contributed by atoms with E-state index in [4.69, 9.17) is 0 Å². The fourth-order valence-electron chi connectivity index (χ4n) is 3.55. The van der Waals surface area contributed by atoms with Crippen LogP contribution in [0.1, 0.15) is 59.8 Å². The van der Waals surface area contributed by atoms with Crippen molar-refractivity contribution in [2.75, 3.05) is 0 Å². The van der Waals surface area contributed by atoms with Crippen LogP contribution in [0.4, 0.5) is 0 Å². The first kappa shape index (κ1) is 11.0. The molecule has 0 bridgehead atoms. The van der Waals surface area contributed by atoms with Gasteiger partial charge in [-0.3, -0.25) is 0 Å². The van der Waals surface area contributed by atoms with Crippen molar-refractivity contribution in [3.8, 4) is 0 Å². The van der Waals surface area contributed by atoms with Gasteiger partial charge in [0.2, 0.25) is 0 Å². The van der Waals surface area contributed by atoms with E-state index >= 15 is 0 Å². The summed E-state index contributed by atoms with van der Waals surface area (Å²) < 4.78 is 0. The Labute approximate surface area is 94.5 Å². The van der Waals surface area contributed by atoms with Gasteiger partial charge in [0.05, 0.1) is 0 Å². The summed E-state index contributed by atoms with van der Waals surface area (Å²) in [6, 6.07) is 0. The fourth-order valence-corrected chi connectivity index (χ4v) is 3.55. The number of allylic oxidation sites excluding steroid dienone is 4. The average Bonchev–Trinajstić information content (AvgIpc) is 2.16. The van der Waals surface area contributed by atoms with Crippen LogP contribution < -0.4 is 0 Å². The lowest BCUT2D eigenvalue weighted by Crippen LogP contribution is -2.42. The Balaban J connectivity index is 2.39. The first-order valence-corrected chi connectivity index (χ1v) is 6.31. The van der Waals surface area contributed by atoms with E-state index in [2.05, 4.69) is 39.8 Å². The van der Waals surface area contributed by atoms with Gasteiger partial charge in [0.1, 0.15) is 0 Å². The fraction of sp³-hybridized carbons (Fsp3) is 0.733. The van der Waals surface area contributed by atoms with Crippen LogP contribution in [0.15, 0.2) is 23.3 Å². The molecule has 0 aromatic carbocycles. The van der Waals surface area contributed by atoms with Crippen molar-refractivity contribution < 1.29 is 0 Å². The molecule has 0 aliphatic heterocycles. The first-order chi connectivity index (χ1) is 6.98. The monoisotopic (exact) mass is 204 g/mol. The van der Waals surface area contributed by atoms with Crippen LogP contribution in [-0.2, 0) is 0 Å². The van der Waals surface area contributed by atoms with Gasteiger partial charge in [0, 0.05) is 0 Å². The lowest BCUT2D eigenvalue weighted by atomic mass is 9.52. The molecule has 2 rings (SSSR count). The minimum absolute atomic E-state index is 0.477. The van der Waals surface area contributed by atoms with Crippen molar-refractivity contribution in [2.24, 2.45) is 10.8 Å². The Morgan fingerprint density at radius 3 is 2.33 bits per heavy atom. The predicted octanol–water partition coefficient (Wildman–Crippen LogP) is 4.87. The van der Waals surface area contributed by atoms with E-state index in [0.29, 0.717) is 10.8 Å².